The minimum absolute atomic E-state index is 0.00419. The third kappa shape index (κ3) is 2.64. The lowest BCUT2D eigenvalue weighted by molar-refractivity contribution is -0.147. The molecule has 3 aliphatic carbocycles. The van der Waals surface area contributed by atoms with E-state index in [4.69, 9.17) is 4.74 Å². The molecule has 1 aromatic carbocycles. The molecule has 4 fully saturated rings. The van der Waals surface area contributed by atoms with Crippen LogP contribution in [0.15, 0.2) is 47.6 Å². The number of ether oxygens (including phenoxy) is 1. The summed E-state index contributed by atoms with van der Waals surface area (Å²) in [5.41, 5.74) is 6.73. The van der Waals surface area contributed by atoms with Gasteiger partial charge in [0, 0.05) is 25.2 Å². The lowest BCUT2D eigenvalue weighted by atomic mass is 9.59. The van der Waals surface area contributed by atoms with Crippen LogP contribution in [0.1, 0.15) is 75.8 Å². The SMILES string of the molecule is C[C@]12CC=C3C=C4CC[C@H](N5CCC5)C[C@]45CCC3(O5)[C@@H]1CCC2N1CCc2ccccc2C1. The van der Waals surface area contributed by atoms with Gasteiger partial charge in [0.15, 0.2) is 0 Å². The summed E-state index contributed by atoms with van der Waals surface area (Å²) in [5.74, 6) is 0.670. The topological polar surface area (TPSA) is 15.7 Å². The summed E-state index contributed by atoms with van der Waals surface area (Å²) in [5, 5.41) is 0. The van der Waals surface area contributed by atoms with Gasteiger partial charge in [0.1, 0.15) is 0 Å². The molecule has 3 heteroatoms. The van der Waals surface area contributed by atoms with Crippen molar-refractivity contribution in [3.05, 3.63) is 58.7 Å². The van der Waals surface area contributed by atoms with E-state index >= 15 is 0 Å². The Hall–Kier alpha value is -1.42. The van der Waals surface area contributed by atoms with Crippen molar-refractivity contribution < 1.29 is 4.74 Å². The Balaban J connectivity index is 1.11. The predicted molar refractivity (Wildman–Crippen MR) is 136 cm³/mol. The Bertz CT molecular complexity index is 1090. The second-order valence-electron chi connectivity index (χ2n) is 12.9. The van der Waals surface area contributed by atoms with Gasteiger partial charge in [0.05, 0.1) is 11.2 Å². The Morgan fingerprint density at radius 3 is 2.68 bits per heavy atom. The fourth-order valence-electron chi connectivity index (χ4n) is 9.76. The zero-order valence-electron chi connectivity index (χ0n) is 20.9. The van der Waals surface area contributed by atoms with Crippen LogP contribution in [0, 0.1) is 11.3 Å². The van der Waals surface area contributed by atoms with Crippen LogP contribution in [0.25, 0.3) is 0 Å². The van der Waals surface area contributed by atoms with Gasteiger partial charge in [0.25, 0.3) is 0 Å². The zero-order valence-corrected chi connectivity index (χ0v) is 20.9. The first kappa shape index (κ1) is 20.7. The molecule has 7 aliphatic rings. The molecule has 0 aromatic heterocycles. The molecule has 4 heterocycles. The molecular weight excluding hydrogens is 416 g/mol. The van der Waals surface area contributed by atoms with Gasteiger partial charge in [0.2, 0.25) is 0 Å². The predicted octanol–water partition coefficient (Wildman–Crippen LogP) is 5.65. The first-order chi connectivity index (χ1) is 16.6. The van der Waals surface area contributed by atoms with E-state index < -0.39 is 0 Å². The monoisotopic (exact) mass is 456 g/mol. The fraction of sp³-hybridized carbons (Fsp3) is 0.677. The molecule has 180 valence electrons. The Morgan fingerprint density at radius 1 is 0.941 bits per heavy atom. The molecule has 2 unspecified atom stereocenters. The van der Waals surface area contributed by atoms with Crippen LogP contribution in [-0.2, 0) is 17.7 Å². The van der Waals surface area contributed by atoms with Crippen LogP contribution in [-0.4, -0.2) is 52.7 Å². The third-order valence-corrected chi connectivity index (χ3v) is 11.6. The summed E-state index contributed by atoms with van der Waals surface area (Å²) in [6.07, 6.45) is 18.2. The Morgan fingerprint density at radius 2 is 1.82 bits per heavy atom. The van der Waals surface area contributed by atoms with E-state index in [1.807, 2.05) is 0 Å². The molecule has 34 heavy (non-hydrogen) atoms. The number of hydrogen-bond donors (Lipinski definition) is 0. The number of benzene rings is 1. The number of allylic oxidation sites excluding steroid dienone is 1. The van der Waals surface area contributed by atoms with Crippen LogP contribution < -0.4 is 0 Å². The molecule has 0 N–H and O–H groups in total. The van der Waals surface area contributed by atoms with Crippen LogP contribution in [0.4, 0.5) is 0 Å². The van der Waals surface area contributed by atoms with E-state index in [2.05, 4.69) is 53.1 Å². The highest BCUT2D eigenvalue weighted by Gasteiger charge is 2.67. The average Bonchev–Trinajstić information content (AvgIpc) is 3.33. The molecule has 2 saturated carbocycles. The lowest BCUT2D eigenvalue weighted by Gasteiger charge is -2.56. The van der Waals surface area contributed by atoms with Crippen molar-refractivity contribution in [2.75, 3.05) is 19.6 Å². The summed E-state index contributed by atoms with van der Waals surface area (Å²) in [4.78, 5) is 5.60. The van der Waals surface area contributed by atoms with E-state index in [9.17, 15) is 0 Å². The molecule has 0 amide bonds. The Kier molecular flexibility index (Phi) is 4.32. The minimum Gasteiger partial charge on any atom is -0.359 e. The molecule has 3 nitrogen and oxygen atoms in total. The van der Waals surface area contributed by atoms with E-state index in [1.165, 1.54) is 83.8 Å². The van der Waals surface area contributed by atoms with Crippen molar-refractivity contribution in [2.24, 2.45) is 11.3 Å². The largest absolute Gasteiger partial charge is 0.359 e. The molecule has 2 saturated heterocycles. The highest BCUT2D eigenvalue weighted by atomic mass is 16.5. The van der Waals surface area contributed by atoms with E-state index in [-0.39, 0.29) is 11.2 Å². The van der Waals surface area contributed by atoms with Crippen LogP contribution in [0.3, 0.4) is 0 Å². The molecule has 2 spiro atoms. The second-order valence-corrected chi connectivity index (χ2v) is 12.9. The molecule has 6 atom stereocenters. The number of rotatable bonds is 2. The van der Waals surface area contributed by atoms with Gasteiger partial charge in [-0.2, -0.15) is 0 Å². The summed E-state index contributed by atoms with van der Waals surface area (Å²) in [6, 6.07) is 10.6. The van der Waals surface area contributed by atoms with Gasteiger partial charge in [-0.05, 0) is 111 Å². The van der Waals surface area contributed by atoms with Crippen LogP contribution in [0.2, 0.25) is 0 Å². The minimum atomic E-state index is -0.00419. The standard InChI is InChI=1S/C31H40N2O/c1-29-13-11-25-19-24-7-8-26(32-16-4-17-32)20-30(24)14-15-31(25,34-30)27(29)9-10-28(29)33-18-12-22-5-2-3-6-23(22)21-33/h2-3,5-6,11,19,26-28H,4,7-10,12-18,20-21H2,1H3/t26-,27+,28?,29-,30+,31?/m0/s1. The summed E-state index contributed by atoms with van der Waals surface area (Å²) in [7, 11) is 0. The number of likely N-dealkylation sites (tertiary alicyclic amines) is 1. The maximum Gasteiger partial charge on any atom is 0.0975 e. The smallest absolute Gasteiger partial charge is 0.0975 e. The average molecular weight is 457 g/mol. The van der Waals surface area contributed by atoms with Crippen molar-refractivity contribution in [3.63, 3.8) is 0 Å². The van der Waals surface area contributed by atoms with Gasteiger partial charge in [-0.25, -0.2) is 0 Å². The molecule has 2 bridgehead atoms. The highest BCUT2D eigenvalue weighted by Crippen LogP contribution is 2.67. The summed E-state index contributed by atoms with van der Waals surface area (Å²) >= 11 is 0. The van der Waals surface area contributed by atoms with Crippen LogP contribution in [0.5, 0.6) is 0 Å². The number of nitrogens with zero attached hydrogens (tertiary/aromatic N) is 2. The lowest BCUT2D eigenvalue weighted by Crippen LogP contribution is -2.58. The Labute approximate surface area is 205 Å². The van der Waals surface area contributed by atoms with Gasteiger partial charge in [-0.1, -0.05) is 43.3 Å². The first-order valence-electron chi connectivity index (χ1n) is 14.3. The number of hydrogen-bond acceptors (Lipinski definition) is 3. The van der Waals surface area contributed by atoms with Crippen molar-refractivity contribution in [1.29, 1.82) is 0 Å². The van der Waals surface area contributed by atoms with Crippen LogP contribution >= 0.6 is 0 Å². The van der Waals surface area contributed by atoms with E-state index in [0.717, 1.165) is 12.6 Å². The van der Waals surface area contributed by atoms with Crippen molar-refractivity contribution in [3.8, 4) is 0 Å². The quantitative estimate of drug-likeness (QED) is 0.572. The molecule has 8 rings (SSSR count). The maximum absolute atomic E-state index is 7.52. The first-order valence-corrected chi connectivity index (χ1v) is 14.3. The van der Waals surface area contributed by atoms with Crippen molar-refractivity contribution in [1.82, 2.24) is 9.80 Å². The summed E-state index contributed by atoms with van der Waals surface area (Å²) in [6.45, 7) is 7.63. The number of fused-ring (bicyclic) bond motifs is 2. The molecule has 0 radical (unpaired) electrons. The zero-order chi connectivity index (χ0) is 22.5. The van der Waals surface area contributed by atoms with Crippen molar-refractivity contribution in [2.45, 2.75) is 101 Å². The highest BCUT2D eigenvalue weighted by molar-refractivity contribution is 5.47. The summed E-state index contributed by atoms with van der Waals surface area (Å²) < 4.78 is 7.52. The van der Waals surface area contributed by atoms with Gasteiger partial charge in [-0.3, -0.25) is 4.90 Å². The fourth-order valence-corrected chi connectivity index (χ4v) is 9.76. The van der Waals surface area contributed by atoms with E-state index in [0.29, 0.717) is 17.4 Å². The second kappa shape index (κ2) is 7.08. The van der Waals surface area contributed by atoms with Gasteiger partial charge >= 0.3 is 0 Å². The van der Waals surface area contributed by atoms with Gasteiger partial charge in [-0.15, -0.1) is 0 Å². The van der Waals surface area contributed by atoms with E-state index in [1.54, 1.807) is 22.3 Å². The third-order valence-electron chi connectivity index (χ3n) is 11.6. The van der Waals surface area contributed by atoms with Crippen molar-refractivity contribution >= 4 is 0 Å². The molecular formula is C31H40N2O. The van der Waals surface area contributed by atoms with Gasteiger partial charge < -0.3 is 9.64 Å². The maximum atomic E-state index is 7.52. The molecule has 4 aliphatic heterocycles. The molecule has 1 aromatic rings. The normalized spacial score (nSPS) is 45.4.